The second-order valence-corrected chi connectivity index (χ2v) is 10.9. The van der Waals surface area contributed by atoms with Crippen molar-refractivity contribution in [2.45, 2.75) is 56.9 Å². The second kappa shape index (κ2) is 10.1. The Bertz CT molecular complexity index is 1120. The minimum atomic E-state index is 0.109. The van der Waals surface area contributed by atoms with Crippen LogP contribution in [-0.2, 0) is 4.79 Å². The van der Waals surface area contributed by atoms with Crippen molar-refractivity contribution in [3.05, 3.63) is 58.5 Å². The fourth-order valence-corrected chi connectivity index (χ4v) is 7.40. The summed E-state index contributed by atoms with van der Waals surface area (Å²) in [5.74, 6) is 0.109. The van der Waals surface area contributed by atoms with Crippen molar-refractivity contribution >= 4 is 51.7 Å². The van der Waals surface area contributed by atoms with Gasteiger partial charge in [-0.3, -0.25) is 9.69 Å². The summed E-state index contributed by atoms with van der Waals surface area (Å²) in [6, 6.07) is 17.0. The molecule has 0 radical (unpaired) electrons. The van der Waals surface area contributed by atoms with Crippen LogP contribution >= 0.6 is 23.5 Å². The van der Waals surface area contributed by atoms with E-state index in [0.717, 1.165) is 52.4 Å². The number of fused-ring (bicyclic) bond motifs is 1. The highest BCUT2D eigenvalue weighted by Gasteiger charge is 2.42. The number of nitrogens with zero attached hydrogens (tertiary/aromatic N) is 4. The molecule has 5 nitrogen and oxygen atoms in total. The molecular formula is C27H32N4OS2. The Balaban J connectivity index is 1.50. The first kappa shape index (κ1) is 23.4. The summed E-state index contributed by atoms with van der Waals surface area (Å²) in [7, 11) is 2.06. The van der Waals surface area contributed by atoms with E-state index >= 15 is 0 Å². The van der Waals surface area contributed by atoms with Crippen LogP contribution < -0.4 is 9.80 Å². The van der Waals surface area contributed by atoms with E-state index < -0.39 is 0 Å². The van der Waals surface area contributed by atoms with Crippen LogP contribution in [0.5, 0.6) is 0 Å². The Morgan fingerprint density at radius 1 is 0.971 bits per heavy atom. The number of benzene rings is 2. The summed E-state index contributed by atoms with van der Waals surface area (Å²) in [4.78, 5) is 27.3. The average Bonchev–Trinajstić information content (AvgIpc) is 3.37. The van der Waals surface area contributed by atoms with Crippen molar-refractivity contribution in [3.8, 4) is 0 Å². The van der Waals surface area contributed by atoms with Crippen molar-refractivity contribution in [2.24, 2.45) is 4.99 Å². The number of aliphatic imine (C=N–C) groups is 1. The predicted octanol–water partition coefficient (Wildman–Crippen LogP) is 6.84. The van der Waals surface area contributed by atoms with Gasteiger partial charge < -0.3 is 9.80 Å². The SMILES string of the molecule is CCN(CC)c1ccc(N=C2S/C(=C3\Sc4ccccc4N3C)C(=O)N2C2CCCCC2)cc1. The lowest BCUT2D eigenvalue weighted by atomic mass is 9.94. The molecule has 1 aliphatic carbocycles. The molecule has 3 aliphatic rings. The van der Waals surface area contributed by atoms with E-state index in [2.05, 4.69) is 79.2 Å². The van der Waals surface area contributed by atoms with Gasteiger partial charge in [-0.05, 0) is 74.8 Å². The van der Waals surface area contributed by atoms with Crippen LogP contribution in [0.3, 0.4) is 0 Å². The van der Waals surface area contributed by atoms with Gasteiger partial charge in [-0.15, -0.1) is 0 Å². The van der Waals surface area contributed by atoms with E-state index in [1.807, 2.05) is 4.90 Å². The highest BCUT2D eigenvalue weighted by atomic mass is 32.2. The zero-order chi connectivity index (χ0) is 23.7. The monoisotopic (exact) mass is 492 g/mol. The maximum Gasteiger partial charge on any atom is 0.269 e. The number of carbonyl (C=O) groups is 1. The van der Waals surface area contributed by atoms with Crippen LogP contribution in [0, 0.1) is 0 Å². The number of para-hydroxylation sites is 1. The number of thioether (sulfide) groups is 2. The quantitative estimate of drug-likeness (QED) is 0.427. The fraction of sp³-hybridized carbons (Fsp3) is 0.407. The van der Waals surface area contributed by atoms with Gasteiger partial charge in [0.1, 0.15) is 4.91 Å². The molecule has 1 saturated heterocycles. The van der Waals surface area contributed by atoms with Crippen molar-refractivity contribution in [2.75, 3.05) is 29.9 Å². The summed E-state index contributed by atoms with van der Waals surface area (Å²) < 4.78 is 0. The molecule has 1 saturated carbocycles. The number of anilines is 2. The van der Waals surface area contributed by atoms with Crippen LogP contribution in [0.15, 0.2) is 68.4 Å². The molecule has 2 aliphatic heterocycles. The molecule has 2 aromatic rings. The maximum absolute atomic E-state index is 13.8. The third-order valence-corrected chi connectivity index (χ3v) is 9.30. The molecule has 5 rings (SSSR count). The molecule has 178 valence electrons. The molecule has 0 bridgehead atoms. The smallest absolute Gasteiger partial charge is 0.269 e. The first-order valence-electron chi connectivity index (χ1n) is 12.3. The van der Waals surface area contributed by atoms with E-state index in [1.54, 1.807) is 11.8 Å². The maximum atomic E-state index is 13.8. The highest BCUT2D eigenvalue weighted by Crippen LogP contribution is 2.50. The zero-order valence-corrected chi connectivity index (χ0v) is 21.8. The molecule has 2 aromatic carbocycles. The predicted molar refractivity (Wildman–Crippen MR) is 146 cm³/mol. The molecule has 2 heterocycles. The van der Waals surface area contributed by atoms with Crippen LogP contribution in [-0.4, -0.2) is 42.2 Å². The van der Waals surface area contributed by atoms with Crippen molar-refractivity contribution in [3.63, 3.8) is 0 Å². The lowest BCUT2D eigenvalue weighted by Crippen LogP contribution is -2.40. The van der Waals surface area contributed by atoms with Crippen LogP contribution in [0.4, 0.5) is 17.1 Å². The summed E-state index contributed by atoms with van der Waals surface area (Å²) in [6.07, 6.45) is 5.72. The van der Waals surface area contributed by atoms with Gasteiger partial charge >= 0.3 is 0 Å². The van der Waals surface area contributed by atoms with Gasteiger partial charge in [0.2, 0.25) is 0 Å². The Labute approximate surface area is 211 Å². The van der Waals surface area contributed by atoms with E-state index in [0.29, 0.717) is 0 Å². The molecule has 0 aromatic heterocycles. The molecular weight excluding hydrogens is 460 g/mol. The number of carbonyl (C=O) groups excluding carboxylic acids is 1. The molecule has 2 fully saturated rings. The van der Waals surface area contributed by atoms with Gasteiger partial charge in [0.15, 0.2) is 5.17 Å². The minimum absolute atomic E-state index is 0.109. The van der Waals surface area contributed by atoms with E-state index in [1.165, 1.54) is 41.6 Å². The Kier molecular flexibility index (Phi) is 6.93. The molecule has 7 heteroatoms. The van der Waals surface area contributed by atoms with Crippen molar-refractivity contribution in [1.82, 2.24) is 4.90 Å². The zero-order valence-electron chi connectivity index (χ0n) is 20.2. The third kappa shape index (κ3) is 4.36. The van der Waals surface area contributed by atoms with E-state index in [-0.39, 0.29) is 11.9 Å². The molecule has 0 spiro atoms. The van der Waals surface area contributed by atoms with Gasteiger partial charge in [-0.2, -0.15) is 0 Å². The first-order chi connectivity index (χ1) is 16.6. The molecule has 0 N–H and O–H groups in total. The topological polar surface area (TPSA) is 39.1 Å². The van der Waals surface area contributed by atoms with Gasteiger partial charge in [0.25, 0.3) is 5.91 Å². The van der Waals surface area contributed by atoms with Gasteiger partial charge in [0.05, 0.1) is 16.4 Å². The lowest BCUT2D eigenvalue weighted by molar-refractivity contribution is -0.124. The van der Waals surface area contributed by atoms with Gasteiger partial charge in [0, 0.05) is 36.8 Å². The Morgan fingerprint density at radius 2 is 1.68 bits per heavy atom. The summed E-state index contributed by atoms with van der Waals surface area (Å²) in [6.45, 7) is 6.31. The minimum Gasteiger partial charge on any atom is -0.372 e. The highest BCUT2D eigenvalue weighted by molar-refractivity contribution is 8.19. The lowest BCUT2D eigenvalue weighted by Gasteiger charge is -2.30. The third-order valence-electron chi connectivity index (χ3n) is 6.89. The fourth-order valence-electron chi connectivity index (χ4n) is 4.99. The second-order valence-electron chi connectivity index (χ2n) is 8.92. The first-order valence-corrected chi connectivity index (χ1v) is 13.9. The van der Waals surface area contributed by atoms with Gasteiger partial charge in [-0.1, -0.05) is 43.2 Å². The van der Waals surface area contributed by atoms with E-state index in [4.69, 9.17) is 4.99 Å². The standard InChI is InChI=1S/C27H32N4OS2/c1-4-30(5-2)20-17-15-19(16-18-20)28-27-31(21-11-7-6-8-12-21)25(32)24(34-27)26-29(3)22-13-9-10-14-23(22)33-26/h9-10,13-18,21H,4-8,11-12H2,1-3H3/b26-24-,28-27?. The van der Waals surface area contributed by atoms with E-state index in [9.17, 15) is 4.79 Å². The Hall–Kier alpha value is -2.38. The van der Waals surface area contributed by atoms with Gasteiger partial charge in [-0.25, -0.2) is 4.99 Å². The van der Waals surface area contributed by atoms with Crippen LogP contribution in [0.1, 0.15) is 46.0 Å². The average molecular weight is 493 g/mol. The summed E-state index contributed by atoms with van der Waals surface area (Å²) in [5, 5.41) is 1.83. The summed E-state index contributed by atoms with van der Waals surface area (Å²) in [5.41, 5.74) is 3.26. The number of amidine groups is 1. The summed E-state index contributed by atoms with van der Waals surface area (Å²) >= 11 is 3.23. The van der Waals surface area contributed by atoms with Crippen molar-refractivity contribution < 1.29 is 4.79 Å². The number of hydrogen-bond acceptors (Lipinski definition) is 6. The normalized spacial score (nSPS) is 22.1. The Morgan fingerprint density at radius 3 is 2.35 bits per heavy atom. The van der Waals surface area contributed by atoms with Crippen molar-refractivity contribution in [1.29, 1.82) is 0 Å². The molecule has 34 heavy (non-hydrogen) atoms. The molecule has 1 amide bonds. The number of rotatable bonds is 5. The largest absolute Gasteiger partial charge is 0.372 e. The number of amides is 1. The van der Waals surface area contributed by atoms with Crippen LogP contribution in [0.25, 0.3) is 0 Å². The molecule has 0 unspecified atom stereocenters. The van der Waals surface area contributed by atoms with Crippen LogP contribution in [0.2, 0.25) is 0 Å². The molecule has 0 atom stereocenters. The number of hydrogen-bond donors (Lipinski definition) is 0.